The van der Waals surface area contributed by atoms with E-state index in [0.717, 1.165) is 16.9 Å². The third kappa shape index (κ3) is 3.40. The fourth-order valence-electron chi connectivity index (χ4n) is 1.89. The Balaban J connectivity index is 2.21. The molecule has 0 aliphatic carbocycles. The highest BCUT2D eigenvalue weighted by Gasteiger charge is 2.11. The first-order chi connectivity index (χ1) is 9.76. The molecule has 0 amide bonds. The summed E-state index contributed by atoms with van der Waals surface area (Å²) in [6, 6.07) is 7.67. The zero-order valence-electron chi connectivity index (χ0n) is 11.5. The predicted octanol–water partition coefficient (Wildman–Crippen LogP) is 3.04. The molecule has 0 saturated carbocycles. The highest BCUT2D eigenvalue weighted by molar-refractivity contribution is 6.31. The molecular weight excluding hydrogens is 276 g/mol. The standard InChI is InChI=1S/C15H17ClN2O2/c1-17-8-11-4-3-5-14(19-2)15(11)20-10-12-6-7-18-9-13(12)16/h3-7,9,17H,8,10H2,1-2H3. The molecule has 0 aliphatic rings. The van der Waals surface area contributed by atoms with Crippen molar-refractivity contribution < 1.29 is 9.47 Å². The number of pyridine rings is 1. The lowest BCUT2D eigenvalue weighted by Crippen LogP contribution is -2.08. The molecule has 0 aliphatic heterocycles. The van der Waals surface area contributed by atoms with Gasteiger partial charge in [-0.2, -0.15) is 0 Å². The molecule has 0 saturated heterocycles. The summed E-state index contributed by atoms with van der Waals surface area (Å²) >= 11 is 6.08. The van der Waals surface area contributed by atoms with E-state index in [1.54, 1.807) is 19.5 Å². The molecule has 0 radical (unpaired) electrons. The van der Waals surface area contributed by atoms with Crippen molar-refractivity contribution in [1.29, 1.82) is 0 Å². The third-order valence-electron chi connectivity index (χ3n) is 2.88. The molecule has 1 N–H and O–H groups in total. The average Bonchev–Trinajstić information content (AvgIpc) is 2.47. The Bertz CT molecular complexity index is 576. The average molecular weight is 293 g/mol. The third-order valence-corrected chi connectivity index (χ3v) is 3.22. The van der Waals surface area contributed by atoms with Crippen LogP contribution in [0.4, 0.5) is 0 Å². The molecule has 1 aromatic heterocycles. The van der Waals surface area contributed by atoms with E-state index < -0.39 is 0 Å². The maximum absolute atomic E-state index is 6.08. The highest BCUT2D eigenvalue weighted by Crippen LogP contribution is 2.32. The molecule has 1 heterocycles. The van der Waals surface area contributed by atoms with Crippen LogP contribution in [0.5, 0.6) is 11.5 Å². The maximum atomic E-state index is 6.08. The Kier molecular flexibility index (Phi) is 5.21. The first-order valence-electron chi connectivity index (χ1n) is 6.28. The molecular formula is C15H17ClN2O2. The second-order valence-electron chi connectivity index (χ2n) is 4.23. The van der Waals surface area contributed by atoms with Crippen molar-refractivity contribution in [1.82, 2.24) is 10.3 Å². The Morgan fingerprint density at radius 3 is 2.80 bits per heavy atom. The summed E-state index contributed by atoms with van der Waals surface area (Å²) in [7, 11) is 3.52. The second kappa shape index (κ2) is 7.12. The van der Waals surface area contributed by atoms with E-state index in [0.29, 0.717) is 23.9 Å². The minimum atomic E-state index is 0.373. The lowest BCUT2D eigenvalue weighted by Gasteiger charge is -2.15. The summed E-state index contributed by atoms with van der Waals surface area (Å²) in [5.41, 5.74) is 1.93. The van der Waals surface area contributed by atoms with E-state index in [1.807, 2.05) is 31.3 Å². The first-order valence-corrected chi connectivity index (χ1v) is 6.65. The van der Waals surface area contributed by atoms with E-state index >= 15 is 0 Å². The van der Waals surface area contributed by atoms with E-state index in [2.05, 4.69) is 10.3 Å². The van der Waals surface area contributed by atoms with Gasteiger partial charge in [0.1, 0.15) is 6.61 Å². The van der Waals surface area contributed by atoms with Crippen molar-refractivity contribution in [2.45, 2.75) is 13.2 Å². The minimum Gasteiger partial charge on any atom is -0.493 e. The number of nitrogens with one attached hydrogen (secondary N) is 1. The van der Waals surface area contributed by atoms with Crippen molar-refractivity contribution in [2.75, 3.05) is 14.2 Å². The van der Waals surface area contributed by atoms with E-state index in [-0.39, 0.29) is 0 Å². The van der Waals surface area contributed by atoms with E-state index in [9.17, 15) is 0 Å². The van der Waals surface area contributed by atoms with Gasteiger partial charge in [-0.15, -0.1) is 0 Å². The van der Waals surface area contributed by atoms with Crippen LogP contribution in [0.25, 0.3) is 0 Å². The van der Waals surface area contributed by atoms with Crippen LogP contribution in [0.1, 0.15) is 11.1 Å². The molecule has 20 heavy (non-hydrogen) atoms. The monoisotopic (exact) mass is 292 g/mol. The second-order valence-corrected chi connectivity index (χ2v) is 4.64. The first kappa shape index (κ1) is 14.6. The van der Waals surface area contributed by atoms with Crippen molar-refractivity contribution in [3.05, 3.63) is 52.8 Å². The SMILES string of the molecule is CNCc1cccc(OC)c1OCc1ccncc1Cl. The van der Waals surface area contributed by atoms with Gasteiger partial charge in [0, 0.05) is 30.1 Å². The minimum absolute atomic E-state index is 0.373. The number of hydrogen-bond acceptors (Lipinski definition) is 4. The fraction of sp³-hybridized carbons (Fsp3) is 0.267. The predicted molar refractivity (Wildman–Crippen MR) is 79.3 cm³/mol. The van der Waals surface area contributed by atoms with Crippen molar-refractivity contribution in [3.8, 4) is 11.5 Å². The van der Waals surface area contributed by atoms with Gasteiger partial charge in [-0.1, -0.05) is 23.7 Å². The lowest BCUT2D eigenvalue weighted by atomic mass is 10.2. The number of rotatable bonds is 6. The molecule has 0 bridgehead atoms. The van der Waals surface area contributed by atoms with Gasteiger partial charge in [-0.25, -0.2) is 0 Å². The zero-order valence-corrected chi connectivity index (χ0v) is 12.3. The fourth-order valence-corrected chi connectivity index (χ4v) is 2.06. The summed E-state index contributed by atoms with van der Waals surface area (Å²) in [4.78, 5) is 3.96. The number of methoxy groups -OCH3 is 1. The Morgan fingerprint density at radius 2 is 2.10 bits per heavy atom. The Morgan fingerprint density at radius 1 is 1.25 bits per heavy atom. The molecule has 5 heteroatoms. The summed E-state index contributed by atoms with van der Waals surface area (Å²) < 4.78 is 11.3. The van der Waals surface area contributed by atoms with Crippen LogP contribution in [0.2, 0.25) is 5.02 Å². The molecule has 0 unspecified atom stereocenters. The lowest BCUT2D eigenvalue weighted by molar-refractivity contribution is 0.281. The van der Waals surface area contributed by atoms with Crippen LogP contribution in [0, 0.1) is 0 Å². The van der Waals surface area contributed by atoms with Gasteiger partial charge < -0.3 is 14.8 Å². The topological polar surface area (TPSA) is 43.4 Å². The number of aromatic nitrogens is 1. The van der Waals surface area contributed by atoms with Gasteiger partial charge in [0.2, 0.25) is 0 Å². The molecule has 0 fully saturated rings. The largest absolute Gasteiger partial charge is 0.493 e. The molecule has 2 rings (SSSR count). The quantitative estimate of drug-likeness (QED) is 0.889. The van der Waals surface area contributed by atoms with Gasteiger partial charge in [0.25, 0.3) is 0 Å². The van der Waals surface area contributed by atoms with E-state index in [4.69, 9.17) is 21.1 Å². The van der Waals surface area contributed by atoms with Gasteiger partial charge >= 0.3 is 0 Å². The molecule has 2 aromatic rings. The maximum Gasteiger partial charge on any atom is 0.166 e. The molecule has 1 aromatic carbocycles. The Hall–Kier alpha value is -1.78. The van der Waals surface area contributed by atoms with Gasteiger partial charge in [-0.05, 0) is 19.2 Å². The van der Waals surface area contributed by atoms with Crippen molar-refractivity contribution in [3.63, 3.8) is 0 Å². The summed E-state index contributed by atoms with van der Waals surface area (Å²) in [5.74, 6) is 1.44. The van der Waals surface area contributed by atoms with Crippen LogP contribution in [-0.2, 0) is 13.2 Å². The molecule has 106 valence electrons. The normalized spacial score (nSPS) is 10.3. The number of hydrogen-bond donors (Lipinski definition) is 1. The van der Waals surface area contributed by atoms with Crippen LogP contribution in [0.15, 0.2) is 36.7 Å². The highest BCUT2D eigenvalue weighted by atomic mass is 35.5. The van der Waals surface area contributed by atoms with Crippen molar-refractivity contribution >= 4 is 11.6 Å². The van der Waals surface area contributed by atoms with Crippen molar-refractivity contribution in [2.24, 2.45) is 0 Å². The summed E-state index contributed by atoms with van der Waals surface area (Å²) in [6.45, 7) is 1.08. The Labute approximate surface area is 123 Å². The zero-order chi connectivity index (χ0) is 14.4. The van der Waals surface area contributed by atoms with Gasteiger partial charge in [0.15, 0.2) is 11.5 Å². The van der Waals surface area contributed by atoms with Crippen LogP contribution in [0.3, 0.4) is 0 Å². The molecule has 4 nitrogen and oxygen atoms in total. The molecule has 0 spiro atoms. The van der Waals surface area contributed by atoms with Gasteiger partial charge in [-0.3, -0.25) is 4.98 Å². The number of halogens is 1. The van der Waals surface area contributed by atoms with Gasteiger partial charge in [0.05, 0.1) is 12.1 Å². The smallest absolute Gasteiger partial charge is 0.166 e. The number of para-hydroxylation sites is 1. The van der Waals surface area contributed by atoms with E-state index in [1.165, 1.54) is 0 Å². The summed E-state index contributed by atoms with van der Waals surface area (Å²) in [5, 5.41) is 3.71. The molecule has 0 atom stereocenters. The number of nitrogens with zero attached hydrogens (tertiary/aromatic N) is 1. The van der Waals surface area contributed by atoms with Crippen LogP contribution >= 0.6 is 11.6 Å². The number of benzene rings is 1. The van der Waals surface area contributed by atoms with Crippen LogP contribution in [-0.4, -0.2) is 19.1 Å². The van der Waals surface area contributed by atoms with Crippen LogP contribution < -0.4 is 14.8 Å². The summed E-state index contributed by atoms with van der Waals surface area (Å²) in [6.07, 6.45) is 3.30. The number of ether oxygens (including phenoxy) is 2.